The number of benzene rings is 1. The van der Waals surface area contributed by atoms with Gasteiger partial charge in [-0.15, -0.1) is 0 Å². The summed E-state index contributed by atoms with van der Waals surface area (Å²) >= 11 is 0. The van der Waals surface area contributed by atoms with E-state index in [1.807, 2.05) is 30.3 Å². The topological polar surface area (TPSA) is 106 Å². The van der Waals surface area contributed by atoms with Crippen LogP contribution in [-0.4, -0.2) is 35.0 Å². The van der Waals surface area contributed by atoms with Gasteiger partial charge < -0.3 is 10.0 Å². The van der Waals surface area contributed by atoms with E-state index in [0.717, 1.165) is 5.56 Å². The van der Waals surface area contributed by atoms with Crippen molar-refractivity contribution in [2.45, 2.75) is 18.9 Å². The second-order valence-electron chi connectivity index (χ2n) is 5.05. The number of carboxylic acid groups (broad SMARTS) is 1. The molecule has 0 spiro atoms. The van der Waals surface area contributed by atoms with Crippen molar-refractivity contribution in [2.75, 3.05) is 13.1 Å². The van der Waals surface area contributed by atoms with Gasteiger partial charge in [0.15, 0.2) is 0 Å². The van der Waals surface area contributed by atoms with Crippen molar-refractivity contribution in [1.29, 1.82) is 0 Å². The quantitative estimate of drug-likeness (QED) is 0.493. The molecule has 1 N–H and O–H groups in total. The number of likely N-dealkylation sites (tertiary alicyclic amines) is 1. The maximum atomic E-state index is 12.1. The highest BCUT2D eigenvalue weighted by Crippen LogP contribution is 2.31. The zero-order valence-electron chi connectivity index (χ0n) is 11.4. The maximum absolute atomic E-state index is 12.1. The number of carbonyl (C=O) groups is 2. The van der Waals surface area contributed by atoms with E-state index in [1.54, 1.807) is 4.90 Å². The Morgan fingerprint density at radius 3 is 2.81 bits per heavy atom. The first-order valence-electron chi connectivity index (χ1n) is 6.69. The summed E-state index contributed by atoms with van der Waals surface area (Å²) in [6.07, 6.45) is 0.159. The van der Waals surface area contributed by atoms with E-state index in [0.29, 0.717) is 13.0 Å². The average Bonchev–Trinajstić information content (AvgIpc) is 2.84. The average molecular weight is 288 g/mol. The molecule has 0 saturated carbocycles. The van der Waals surface area contributed by atoms with Gasteiger partial charge in [0.2, 0.25) is 5.91 Å². The van der Waals surface area contributed by atoms with E-state index in [-0.39, 0.29) is 24.8 Å². The standard InChI is InChI=1S/C14H16N4O3/c15-17-16-8-10-6-13(19)18(9-10)12(7-14(20)21)11-4-2-1-3-5-11/h1-5,10,12H,6-9H2,(H,20,21). The minimum absolute atomic E-state index is 0.0478. The molecular formula is C14H16N4O3. The molecule has 2 unspecified atom stereocenters. The first-order valence-corrected chi connectivity index (χ1v) is 6.69. The number of hydrogen-bond acceptors (Lipinski definition) is 3. The molecule has 1 aromatic carbocycles. The highest BCUT2D eigenvalue weighted by Gasteiger charge is 2.35. The second-order valence-corrected chi connectivity index (χ2v) is 5.05. The Hall–Kier alpha value is -2.53. The third kappa shape index (κ3) is 3.73. The lowest BCUT2D eigenvalue weighted by atomic mass is 10.0. The number of carbonyl (C=O) groups excluding carboxylic acids is 1. The van der Waals surface area contributed by atoms with E-state index in [9.17, 15) is 9.59 Å². The van der Waals surface area contributed by atoms with Crippen LogP contribution in [0.3, 0.4) is 0 Å². The number of azide groups is 1. The Kier molecular flexibility index (Phi) is 4.79. The van der Waals surface area contributed by atoms with Crippen LogP contribution in [0.25, 0.3) is 10.4 Å². The van der Waals surface area contributed by atoms with Crippen molar-refractivity contribution >= 4 is 11.9 Å². The van der Waals surface area contributed by atoms with E-state index in [4.69, 9.17) is 10.6 Å². The van der Waals surface area contributed by atoms with Crippen molar-refractivity contribution in [3.05, 3.63) is 46.3 Å². The molecule has 2 atom stereocenters. The lowest BCUT2D eigenvalue weighted by Gasteiger charge is -2.27. The Balaban J connectivity index is 2.19. The predicted octanol–water partition coefficient (Wildman–Crippen LogP) is 2.36. The highest BCUT2D eigenvalue weighted by molar-refractivity contribution is 5.80. The van der Waals surface area contributed by atoms with Gasteiger partial charge in [0.1, 0.15) is 0 Å². The van der Waals surface area contributed by atoms with Gasteiger partial charge >= 0.3 is 5.97 Å². The van der Waals surface area contributed by atoms with Crippen molar-refractivity contribution in [1.82, 2.24) is 4.90 Å². The SMILES string of the molecule is [N-]=[N+]=NCC1CC(=O)N(C(CC(=O)O)c2ccccc2)C1. The minimum atomic E-state index is -0.949. The van der Waals surface area contributed by atoms with Crippen LogP contribution in [0.15, 0.2) is 35.4 Å². The van der Waals surface area contributed by atoms with Crippen LogP contribution >= 0.6 is 0 Å². The molecule has 0 radical (unpaired) electrons. The number of amides is 1. The fourth-order valence-electron chi connectivity index (χ4n) is 2.63. The van der Waals surface area contributed by atoms with Crippen LogP contribution in [0.1, 0.15) is 24.4 Å². The third-order valence-electron chi connectivity index (χ3n) is 3.57. The first-order chi connectivity index (χ1) is 10.1. The molecule has 1 amide bonds. The smallest absolute Gasteiger partial charge is 0.305 e. The Morgan fingerprint density at radius 1 is 1.48 bits per heavy atom. The molecule has 110 valence electrons. The van der Waals surface area contributed by atoms with Crippen LogP contribution in [-0.2, 0) is 9.59 Å². The van der Waals surface area contributed by atoms with Crippen LogP contribution in [0.5, 0.6) is 0 Å². The molecule has 1 saturated heterocycles. The number of carboxylic acids is 1. The van der Waals surface area contributed by atoms with Crippen LogP contribution in [0.4, 0.5) is 0 Å². The van der Waals surface area contributed by atoms with E-state index >= 15 is 0 Å². The number of aliphatic carboxylic acids is 1. The Morgan fingerprint density at radius 2 is 2.19 bits per heavy atom. The van der Waals surface area contributed by atoms with Gasteiger partial charge in [-0.05, 0) is 17.0 Å². The van der Waals surface area contributed by atoms with Gasteiger partial charge in [-0.2, -0.15) is 0 Å². The summed E-state index contributed by atoms with van der Waals surface area (Å²) in [4.78, 5) is 27.5. The molecule has 0 aromatic heterocycles. The third-order valence-corrected chi connectivity index (χ3v) is 3.57. The first kappa shape index (κ1) is 14.9. The fraction of sp³-hybridized carbons (Fsp3) is 0.429. The van der Waals surface area contributed by atoms with Gasteiger partial charge in [-0.3, -0.25) is 9.59 Å². The minimum Gasteiger partial charge on any atom is -0.481 e. The Bertz CT molecular complexity index is 569. The molecule has 21 heavy (non-hydrogen) atoms. The van der Waals surface area contributed by atoms with Gasteiger partial charge in [0.25, 0.3) is 0 Å². The lowest BCUT2D eigenvalue weighted by Crippen LogP contribution is -2.32. The van der Waals surface area contributed by atoms with E-state index in [1.165, 1.54) is 0 Å². The molecule has 2 rings (SSSR count). The van der Waals surface area contributed by atoms with Crippen molar-refractivity contribution in [3.63, 3.8) is 0 Å². The van der Waals surface area contributed by atoms with Gasteiger partial charge in [-0.25, -0.2) is 0 Å². The number of hydrogen-bond donors (Lipinski definition) is 1. The molecule has 1 aliphatic heterocycles. The van der Waals surface area contributed by atoms with Crippen molar-refractivity contribution in [2.24, 2.45) is 11.0 Å². The molecule has 7 heteroatoms. The number of rotatable bonds is 6. The van der Waals surface area contributed by atoms with Crippen molar-refractivity contribution < 1.29 is 14.7 Å². The van der Waals surface area contributed by atoms with Gasteiger partial charge in [0, 0.05) is 24.4 Å². The summed E-state index contributed by atoms with van der Waals surface area (Å²) in [5.74, 6) is -1.09. The molecule has 1 fully saturated rings. The maximum Gasteiger partial charge on any atom is 0.305 e. The summed E-state index contributed by atoms with van der Waals surface area (Å²) in [6, 6.07) is 8.65. The summed E-state index contributed by atoms with van der Waals surface area (Å²) in [5.41, 5.74) is 9.15. The summed E-state index contributed by atoms with van der Waals surface area (Å²) in [5, 5.41) is 12.6. The summed E-state index contributed by atoms with van der Waals surface area (Å²) in [7, 11) is 0. The highest BCUT2D eigenvalue weighted by atomic mass is 16.4. The lowest BCUT2D eigenvalue weighted by molar-refractivity contribution is -0.139. The molecular weight excluding hydrogens is 272 g/mol. The largest absolute Gasteiger partial charge is 0.481 e. The van der Waals surface area contributed by atoms with Crippen LogP contribution in [0, 0.1) is 5.92 Å². The molecule has 7 nitrogen and oxygen atoms in total. The van der Waals surface area contributed by atoms with E-state index in [2.05, 4.69) is 10.0 Å². The molecule has 1 aliphatic rings. The van der Waals surface area contributed by atoms with Crippen LogP contribution < -0.4 is 0 Å². The molecule has 0 bridgehead atoms. The zero-order chi connectivity index (χ0) is 15.2. The normalized spacial score (nSPS) is 19.1. The predicted molar refractivity (Wildman–Crippen MR) is 75.3 cm³/mol. The molecule has 1 heterocycles. The number of nitrogens with zero attached hydrogens (tertiary/aromatic N) is 4. The van der Waals surface area contributed by atoms with Crippen molar-refractivity contribution in [3.8, 4) is 0 Å². The Labute approximate surface area is 121 Å². The molecule has 1 aromatic rings. The summed E-state index contributed by atoms with van der Waals surface area (Å²) in [6.45, 7) is 0.679. The van der Waals surface area contributed by atoms with Crippen LogP contribution in [0.2, 0.25) is 0 Å². The second kappa shape index (κ2) is 6.76. The zero-order valence-corrected chi connectivity index (χ0v) is 11.4. The summed E-state index contributed by atoms with van der Waals surface area (Å²) < 4.78 is 0. The fourth-order valence-corrected chi connectivity index (χ4v) is 2.63. The monoisotopic (exact) mass is 288 g/mol. The van der Waals surface area contributed by atoms with Gasteiger partial charge in [0.05, 0.1) is 12.5 Å². The van der Waals surface area contributed by atoms with Gasteiger partial charge in [-0.1, -0.05) is 35.4 Å². The van der Waals surface area contributed by atoms with E-state index < -0.39 is 12.0 Å². The molecule has 0 aliphatic carbocycles.